The molecule has 0 amide bonds. The molecule has 0 aliphatic carbocycles. The van der Waals surface area contributed by atoms with Crippen LogP contribution in [0.3, 0.4) is 0 Å². The predicted molar refractivity (Wildman–Crippen MR) is 85.4 cm³/mol. The van der Waals surface area contributed by atoms with E-state index in [-0.39, 0.29) is 27.9 Å². The van der Waals surface area contributed by atoms with Crippen LogP contribution in [-0.4, -0.2) is 23.0 Å². The van der Waals surface area contributed by atoms with Crippen LogP contribution in [-0.2, 0) is 4.74 Å². The van der Waals surface area contributed by atoms with Crippen molar-refractivity contribution < 1.29 is 13.9 Å². The van der Waals surface area contributed by atoms with Gasteiger partial charge in [0.1, 0.15) is 16.9 Å². The first kappa shape index (κ1) is 13.3. The van der Waals surface area contributed by atoms with Crippen LogP contribution < -0.4 is 11.2 Å². The number of nitrogens with two attached hydrogens (primary N) is 1. The maximum atomic E-state index is 12.7. The largest absolute Gasteiger partial charge is 0.465 e. The van der Waals surface area contributed by atoms with E-state index in [9.17, 15) is 9.59 Å². The zero-order chi connectivity index (χ0) is 16.1. The Morgan fingerprint density at radius 2 is 2.09 bits per heavy atom. The second-order valence-corrected chi connectivity index (χ2v) is 5.07. The van der Waals surface area contributed by atoms with Gasteiger partial charge in [0.25, 0.3) is 0 Å². The Kier molecular flexibility index (Phi) is 2.65. The van der Waals surface area contributed by atoms with E-state index in [1.54, 1.807) is 0 Å². The van der Waals surface area contributed by atoms with Crippen LogP contribution >= 0.6 is 0 Å². The van der Waals surface area contributed by atoms with E-state index in [2.05, 4.69) is 14.7 Å². The zero-order valence-corrected chi connectivity index (χ0v) is 12.0. The van der Waals surface area contributed by atoms with Crippen molar-refractivity contribution in [3.05, 3.63) is 46.1 Å². The third kappa shape index (κ3) is 1.80. The van der Waals surface area contributed by atoms with Gasteiger partial charge in [-0.3, -0.25) is 4.79 Å². The molecule has 0 aliphatic rings. The van der Waals surface area contributed by atoms with E-state index in [4.69, 9.17) is 10.2 Å². The van der Waals surface area contributed by atoms with E-state index in [0.717, 1.165) is 10.9 Å². The number of H-pyrrole nitrogens is 1. The molecule has 3 N–H and O–H groups in total. The van der Waals surface area contributed by atoms with E-state index < -0.39 is 5.97 Å². The highest BCUT2D eigenvalue weighted by Crippen LogP contribution is 2.27. The number of anilines is 1. The number of carbonyl (C=O) groups is 1. The van der Waals surface area contributed by atoms with Crippen LogP contribution in [0.25, 0.3) is 33.1 Å². The monoisotopic (exact) mass is 309 g/mol. The minimum absolute atomic E-state index is 0.0303. The summed E-state index contributed by atoms with van der Waals surface area (Å²) in [7, 11) is 1.23. The van der Waals surface area contributed by atoms with Crippen LogP contribution in [0.15, 0.2) is 39.5 Å². The van der Waals surface area contributed by atoms with E-state index >= 15 is 0 Å². The van der Waals surface area contributed by atoms with Gasteiger partial charge in [-0.2, -0.15) is 4.98 Å². The number of para-hydroxylation sites is 1. The van der Waals surface area contributed by atoms with Crippen molar-refractivity contribution in [2.75, 3.05) is 12.8 Å². The zero-order valence-electron chi connectivity index (χ0n) is 12.0. The normalized spacial score (nSPS) is 11.3. The number of hydrogen-bond donors (Lipinski definition) is 2. The summed E-state index contributed by atoms with van der Waals surface area (Å²) in [4.78, 5) is 31.5. The summed E-state index contributed by atoms with van der Waals surface area (Å²) in [5, 5.41) is 0.942. The maximum absolute atomic E-state index is 12.7. The molecule has 0 fully saturated rings. The minimum atomic E-state index is -0.659. The number of methoxy groups -OCH3 is 1. The summed E-state index contributed by atoms with van der Waals surface area (Å²) in [5.74, 6) is -0.709. The number of rotatable bonds is 1. The van der Waals surface area contributed by atoms with Crippen molar-refractivity contribution in [2.24, 2.45) is 0 Å². The lowest BCUT2D eigenvalue weighted by Gasteiger charge is -2.04. The average molecular weight is 309 g/mol. The first-order chi connectivity index (χ1) is 11.1. The molecule has 0 spiro atoms. The van der Waals surface area contributed by atoms with Crippen LogP contribution in [0.5, 0.6) is 0 Å². The first-order valence-electron chi connectivity index (χ1n) is 6.82. The summed E-state index contributed by atoms with van der Waals surface area (Å²) < 4.78 is 10.4. The van der Waals surface area contributed by atoms with Gasteiger partial charge >= 0.3 is 5.97 Å². The van der Waals surface area contributed by atoms with Crippen molar-refractivity contribution in [2.45, 2.75) is 0 Å². The van der Waals surface area contributed by atoms with Gasteiger partial charge in [-0.1, -0.05) is 12.1 Å². The summed E-state index contributed by atoms with van der Waals surface area (Å²) in [6.45, 7) is 0. The summed E-state index contributed by atoms with van der Waals surface area (Å²) >= 11 is 0. The molecule has 0 radical (unpaired) electrons. The quantitative estimate of drug-likeness (QED) is 0.521. The van der Waals surface area contributed by atoms with E-state index in [1.807, 2.05) is 24.3 Å². The number of carbonyl (C=O) groups excluding carboxylic acids is 1. The molecule has 3 heterocycles. The van der Waals surface area contributed by atoms with Crippen molar-refractivity contribution in [1.29, 1.82) is 0 Å². The summed E-state index contributed by atoms with van der Waals surface area (Å²) in [5.41, 5.74) is 7.08. The molecule has 0 aliphatic heterocycles. The Morgan fingerprint density at radius 3 is 2.87 bits per heavy atom. The average Bonchev–Trinajstić information content (AvgIpc) is 2.93. The maximum Gasteiger partial charge on any atom is 0.341 e. The van der Waals surface area contributed by atoms with Gasteiger partial charge in [-0.25, -0.2) is 4.79 Å². The Morgan fingerprint density at radius 1 is 1.30 bits per heavy atom. The molecule has 7 nitrogen and oxygen atoms in total. The van der Waals surface area contributed by atoms with Crippen LogP contribution in [0.2, 0.25) is 0 Å². The lowest BCUT2D eigenvalue weighted by molar-refractivity contribution is 0.0602. The molecule has 0 unspecified atom stereocenters. The molecule has 7 heteroatoms. The molecule has 4 rings (SSSR count). The predicted octanol–water partition coefficient (Wildman–Crippen LogP) is 2.19. The fraction of sp³-hybridized carbons (Fsp3) is 0.0625. The molecular weight excluding hydrogens is 298 g/mol. The van der Waals surface area contributed by atoms with Crippen LogP contribution in [0.1, 0.15) is 10.4 Å². The fourth-order valence-corrected chi connectivity index (χ4v) is 2.64. The number of nitrogens with one attached hydrogen (secondary N) is 1. The van der Waals surface area contributed by atoms with Crippen molar-refractivity contribution in [3.8, 4) is 0 Å². The molecule has 4 aromatic rings. The van der Waals surface area contributed by atoms with Crippen molar-refractivity contribution in [3.63, 3.8) is 0 Å². The summed E-state index contributed by atoms with van der Waals surface area (Å²) in [6, 6.07) is 8.74. The Balaban J connectivity index is 2.17. The molecule has 1 aromatic carbocycles. The second kappa shape index (κ2) is 4.57. The third-order valence-electron chi connectivity index (χ3n) is 3.75. The third-order valence-corrected chi connectivity index (χ3v) is 3.75. The van der Waals surface area contributed by atoms with E-state index in [1.165, 1.54) is 13.2 Å². The Hall–Kier alpha value is -3.35. The van der Waals surface area contributed by atoms with Gasteiger partial charge in [0, 0.05) is 10.9 Å². The minimum Gasteiger partial charge on any atom is -0.465 e. The molecule has 23 heavy (non-hydrogen) atoms. The smallest absolute Gasteiger partial charge is 0.341 e. The van der Waals surface area contributed by atoms with Crippen LogP contribution in [0.4, 0.5) is 5.82 Å². The molecule has 114 valence electrons. The van der Waals surface area contributed by atoms with Gasteiger partial charge < -0.3 is 19.9 Å². The number of hydrogen-bond acceptors (Lipinski definition) is 6. The van der Waals surface area contributed by atoms with Crippen LogP contribution in [0, 0.1) is 0 Å². The summed E-state index contributed by atoms with van der Waals surface area (Å²) in [6.07, 6.45) is 0. The van der Waals surface area contributed by atoms with Gasteiger partial charge in [0.05, 0.1) is 12.5 Å². The van der Waals surface area contributed by atoms with Crippen molar-refractivity contribution in [1.82, 2.24) is 9.97 Å². The van der Waals surface area contributed by atoms with Crippen molar-refractivity contribution >= 4 is 44.9 Å². The number of fused-ring (bicyclic) bond motifs is 4. The Bertz CT molecular complexity index is 1160. The topological polar surface area (TPSA) is 111 Å². The van der Waals surface area contributed by atoms with Gasteiger partial charge in [-0.05, 0) is 18.2 Å². The number of pyridine rings is 1. The molecule has 3 aromatic heterocycles. The Labute approximate surface area is 128 Å². The molecule has 0 atom stereocenters. The number of esters is 1. The fourth-order valence-electron chi connectivity index (χ4n) is 2.64. The lowest BCUT2D eigenvalue weighted by Crippen LogP contribution is -2.11. The number of nitrogens with zero attached hydrogens (tertiary/aromatic N) is 1. The molecule has 0 bridgehead atoms. The number of nitrogen functional groups attached to an aromatic ring is 1. The van der Waals surface area contributed by atoms with E-state index in [0.29, 0.717) is 11.1 Å². The highest BCUT2D eigenvalue weighted by atomic mass is 16.5. The van der Waals surface area contributed by atoms with Gasteiger partial charge in [-0.15, -0.1) is 0 Å². The highest BCUT2D eigenvalue weighted by molar-refractivity contribution is 6.06. The first-order valence-corrected chi connectivity index (χ1v) is 6.82. The lowest BCUT2D eigenvalue weighted by atomic mass is 10.2. The SMILES string of the molecule is COC(=O)c1cc2c(=O)c3[nH]c4ccccc4c3oc2nc1N. The van der Waals surface area contributed by atoms with Gasteiger partial charge in [0.2, 0.25) is 11.1 Å². The molecular formula is C16H11N3O4. The molecule has 0 saturated heterocycles. The number of ether oxygens (including phenoxy) is 1. The van der Waals surface area contributed by atoms with Gasteiger partial charge in [0.15, 0.2) is 5.58 Å². The number of aromatic amines is 1. The number of benzene rings is 1. The molecule has 0 saturated carbocycles. The number of aromatic nitrogens is 2. The second-order valence-electron chi connectivity index (χ2n) is 5.07. The highest BCUT2D eigenvalue weighted by Gasteiger charge is 2.18. The standard InChI is InChI=1S/C16H11N3O4/c1-22-16(21)9-6-8-12(20)11-13(23-15(8)19-14(9)17)7-4-2-3-5-10(7)18-11/h2-6,18H,1H3,(H2,17,19).